The van der Waals surface area contributed by atoms with Gasteiger partial charge in [-0.2, -0.15) is 0 Å². The van der Waals surface area contributed by atoms with Crippen molar-refractivity contribution < 1.29 is 10.2 Å². The monoisotopic (exact) mass is 138 g/mol. The van der Waals surface area contributed by atoms with Gasteiger partial charge < -0.3 is 10.2 Å². The summed E-state index contributed by atoms with van der Waals surface area (Å²) in [5, 5.41) is 17.2. The first-order valence-electron chi connectivity index (χ1n) is 3.00. The Balaban J connectivity index is 3.78. The zero-order valence-electron chi connectivity index (χ0n) is 6.05. The molecule has 0 amide bonds. The summed E-state index contributed by atoms with van der Waals surface area (Å²) in [4.78, 5) is 0. The van der Waals surface area contributed by atoms with E-state index in [4.69, 9.17) is 10.2 Å². The van der Waals surface area contributed by atoms with Crippen LogP contribution >= 0.6 is 0 Å². The molecule has 54 valence electrons. The highest BCUT2D eigenvalue weighted by Gasteiger charge is 1.81. The van der Waals surface area contributed by atoms with Crippen LogP contribution < -0.4 is 0 Å². The van der Waals surface area contributed by atoms with Gasteiger partial charge in [0.25, 0.3) is 0 Å². The second kappa shape index (κ2) is 4.88. The number of aliphatic hydroxyl groups excluding tert-OH is 2. The molecular formula is C8H10O2. The molecule has 0 spiro atoms. The van der Waals surface area contributed by atoms with Gasteiger partial charge in [-0.15, -0.1) is 0 Å². The molecule has 0 bridgehead atoms. The third kappa shape index (κ3) is 7.04. The van der Waals surface area contributed by atoms with Gasteiger partial charge >= 0.3 is 0 Å². The number of hydrogen-bond acceptors (Lipinski definition) is 2. The SMILES string of the molecule is C[C@H](O)C#CC#C[C@@H](C)O. The van der Waals surface area contributed by atoms with Crippen LogP contribution in [0.3, 0.4) is 0 Å². The fourth-order valence-electron chi connectivity index (χ4n) is 0.281. The van der Waals surface area contributed by atoms with Crippen LogP contribution in [0.25, 0.3) is 0 Å². The Kier molecular flexibility index (Phi) is 4.41. The molecule has 2 nitrogen and oxygen atoms in total. The minimum Gasteiger partial charge on any atom is -0.381 e. The van der Waals surface area contributed by atoms with Crippen LogP contribution in [0, 0.1) is 23.7 Å². The van der Waals surface area contributed by atoms with Gasteiger partial charge in [0, 0.05) is 0 Å². The van der Waals surface area contributed by atoms with Crippen molar-refractivity contribution in [2.45, 2.75) is 26.1 Å². The smallest absolute Gasteiger partial charge is 0.112 e. The van der Waals surface area contributed by atoms with Crippen LogP contribution in [-0.4, -0.2) is 22.4 Å². The Morgan fingerprint density at radius 2 is 1.20 bits per heavy atom. The van der Waals surface area contributed by atoms with Crippen molar-refractivity contribution in [2.24, 2.45) is 0 Å². The molecule has 0 aliphatic rings. The average molecular weight is 138 g/mol. The van der Waals surface area contributed by atoms with Gasteiger partial charge in [-0.25, -0.2) is 0 Å². The summed E-state index contributed by atoms with van der Waals surface area (Å²) in [6.07, 6.45) is -1.30. The normalized spacial score (nSPS) is 13.6. The molecule has 0 fully saturated rings. The second-order valence-electron chi connectivity index (χ2n) is 1.89. The summed E-state index contributed by atoms with van der Waals surface area (Å²) in [5.74, 6) is 9.63. The van der Waals surface area contributed by atoms with Crippen LogP contribution in [0.5, 0.6) is 0 Å². The predicted molar refractivity (Wildman–Crippen MR) is 38.9 cm³/mol. The van der Waals surface area contributed by atoms with E-state index in [-0.39, 0.29) is 0 Å². The van der Waals surface area contributed by atoms with Gasteiger partial charge in [0.05, 0.1) is 0 Å². The molecule has 0 aromatic carbocycles. The lowest BCUT2D eigenvalue weighted by Gasteiger charge is -1.84. The maximum absolute atomic E-state index is 8.61. The van der Waals surface area contributed by atoms with E-state index in [2.05, 4.69) is 23.7 Å². The molecule has 0 saturated carbocycles. The molecule has 0 rings (SSSR count). The second-order valence-corrected chi connectivity index (χ2v) is 1.89. The molecule has 2 N–H and O–H groups in total. The minimum absolute atomic E-state index is 0.650. The molecule has 2 atom stereocenters. The minimum atomic E-state index is -0.650. The van der Waals surface area contributed by atoms with Crippen molar-refractivity contribution in [3.63, 3.8) is 0 Å². The summed E-state index contributed by atoms with van der Waals surface area (Å²) in [6.45, 7) is 3.11. The molecule has 2 heteroatoms. The topological polar surface area (TPSA) is 40.5 Å². The summed E-state index contributed by atoms with van der Waals surface area (Å²) < 4.78 is 0. The van der Waals surface area contributed by atoms with Crippen molar-refractivity contribution in [2.75, 3.05) is 0 Å². The Hall–Kier alpha value is -0.960. The molecular weight excluding hydrogens is 128 g/mol. The molecule has 10 heavy (non-hydrogen) atoms. The Bertz CT molecular complexity index is 171. The Morgan fingerprint density at radius 3 is 1.40 bits per heavy atom. The van der Waals surface area contributed by atoms with E-state index in [9.17, 15) is 0 Å². The van der Waals surface area contributed by atoms with E-state index in [1.165, 1.54) is 0 Å². The first kappa shape index (κ1) is 9.04. The maximum Gasteiger partial charge on any atom is 0.112 e. The van der Waals surface area contributed by atoms with Gasteiger partial charge in [-0.05, 0) is 25.7 Å². The third-order valence-corrected chi connectivity index (χ3v) is 0.625. The van der Waals surface area contributed by atoms with Crippen LogP contribution in [0.4, 0.5) is 0 Å². The third-order valence-electron chi connectivity index (χ3n) is 0.625. The lowest BCUT2D eigenvalue weighted by atomic mass is 10.4. The van der Waals surface area contributed by atoms with Crippen molar-refractivity contribution >= 4 is 0 Å². The first-order chi connectivity index (χ1) is 4.63. The number of aliphatic hydroxyl groups is 2. The summed E-state index contributed by atoms with van der Waals surface area (Å²) in [7, 11) is 0. The van der Waals surface area contributed by atoms with E-state index in [1.54, 1.807) is 13.8 Å². The molecule has 0 aromatic heterocycles. The number of rotatable bonds is 0. The molecule has 0 saturated heterocycles. The maximum atomic E-state index is 8.61. The highest BCUT2D eigenvalue weighted by atomic mass is 16.3. The summed E-state index contributed by atoms with van der Waals surface area (Å²) in [5.41, 5.74) is 0. The fraction of sp³-hybridized carbons (Fsp3) is 0.500. The fourth-order valence-corrected chi connectivity index (χ4v) is 0.281. The molecule has 0 heterocycles. The average Bonchev–Trinajstić information content (AvgIpc) is 1.79. The van der Waals surface area contributed by atoms with Crippen LogP contribution in [0.1, 0.15) is 13.8 Å². The lowest BCUT2D eigenvalue weighted by molar-refractivity contribution is 0.252. The summed E-state index contributed by atoms with van der Waals surface area (Å²) in [6, 6.07) is 0. The van der Waals surface area contributed by atoms with Gasteiger partial charge in [0.15, 0.2) is 0 Å². The molecule has 0 unspecified atom stereocenters. The summed E-state index contributed by atoms with van der Waals surface area (Å²) >= 11 is 0. The van der Waals surface area contributed by atoms with E-state index >= 15 is 0 Å². The van der Waals surface area contributed by atoms with Crippen LogP contribution in [-0.2, 0) is 0 Å². The standard InChI is InChI=1S/C8H10O2/c1-7(9)5-3-4-6-8(2)10/h7-10H,1-2H3/t7-,8+. The van der Waals surface area contributed by atoms with Crippen molar-refractivity contribution in [3.8, 4) is 23.7 Å². The van der Waals surface area contributed by atoms with E-state index in [1.807, 2.05) is 0 Å². The van der Waals surface area contributed by atoms with Crippen molar-refractivity contribution in [1.82, 2.24) is 0 Å². The molecule has 0 aliphatic carbocycles. The molecule has 0 radical (unpaired) electrons. The van der Waals surface area contributed by atoms with E-state index in [0.29, 0.717) is 0 Å². The highest BCUT2D eigenvalue weighted by Crippen LogP contribution is 1.73. The first-order valence-corrected chi connectivity index (χ1v) is 3.00. The zero-order valence-corrected chi connectivity index (χ0v) is 6.05. The quantitative estimate of drug-likeness (QED) is 0.453. The number of hydrogen-bond donors (Lipinski definition) is 2. The van der Waals surface area contributed by atoms with Crippen molar-refractivity contribution in [3.05, 3.63) is 0 Å². The van der Waals surface area contributed by atoms with Crippen molar-refractivity contribution in [1.29, 1.82) is 0 Å². The lowest BCUT2D eigenvalue weighted by Crippen LogP contribution is -1.93. The Labute approximate surface area is 60.9 Å². The van der Waals surface area contributed by atoms with E-state index < -0.39 is 12.2 Å². The van der Waals surface area contributed by atoms with E-state index in [0.717, 1.165) is 0 Å². The van der Waals surface area contributed by atoms with Crippen LogP contribution in [0.2, 0.25) is 0 Å². The largest absolute Gasteiger partial charge is 0.381 e. The highest BCUT2D eigenvalue weighted by molar-refractivity contribution is 5.27. The van der Waals surface area contributed by atoms with Gasteiger partial charge in [-0.1, -0.05) is 11.8 Å². The predicted octanol–water partition coefficient (Wildman–Crippen LogP) is -0.245. The van der Waals surface area contributed by atoms with Gasteiger partial charge in [-0.3, -0.25) is 0 Å². The van der Waals surface area contributed by atoms with Crippen LogP contribution in [0.15, 0.2) is 0 Å². The molecule has 0 aliphatic heterocycles. The Morgan fingerprint density at radius 1 is 0.900 bits per heavy atom. The van der Waals surface area contributed by atoms with Gasteiger partial charge in [0.2, 0.25) is 0 Å². The molecule has 0 aromatic rings. The zero-order chi connectivity index (χ0) is 7.98. The van der Waals surface area contributed by atoms with Gasteiger partial charge in [0.1, 0.15) is 12.2 Å².